The molecule has 4 nitrogen and oxygen atoms in total. The van der Waals surface area contributed by atoms with E-state index in [0.717, 1.165) is 24.2 Å². The first kappa shape index (κ1) is 23.2. The van der Waals surface area contributed by atoms with Crippen LogP contribution in [0.1, 0.15) is 23.6 Å². The van der Waals surface area contributed by atoms with E-state index in [9.17, 15) is 4.79 Å². The van der Waals surface area contributed by atoms with Gasteiger partial charge in [0, 0.05) is 18.8 Å². The molecule has 0 radical (unpaired) electrons. The number of amides is 1. The highest BCUT2D eigenvalue weighted by Crippen LogP contribution is 2.09. The van der Waals surface area contributed by atoms with Crippen LogP contribution in [-0.2, 0) is 24.3 Å². The molecular formula is C19H27Cl2N3O. The summed E-state index contributed by atoms with van der Waals surface area (Å²) in [5.74, 6) is 0.0193. The predicted octanol–water partition coefficient (Wildman–Crippen LogP) is 3.42. The molecular weight excluding hydrogens is 357 g/mol. The Morgan fingerprint density at radius 3 is 2.32 bits per heavy atom. The molecule has 0 saturated carbocycles. The van der Waals surface area contributed by atoms with Gasteiger partial charge < -0.3 is 16.0 Å². The third kappa shape index (κ3) is 8.25. The summed E-state index contributed by atoms with van der Waals surface area (Å²) >= 11 is 0. The summed E-state index contributed by atoms with van der Waals surface area (Å²) < 4.78 is 0. The summed E-state index contributed by atoms with van der Waals surface area (Å²) in [6, 6.07) is 15.7. The zero-order chi connectivity index (χ0) is 16.7. The third-order valence-corrected chi connectivity index (χ3v) is 3.82. The van der Waals surface area contributed by atoms with Gasteiger partial charge in [0.25, 0.3) is 0 Å². The van der Waals surface area contributed by atoms with E-state index >= 15 is 0 Å². The number of rotatable bonds is 7. The Bertz CT molecular complexity index is 647. The van der Waals surface area contributed by atoms with E-state index in [1.165, 1.54) is 5.56 Å². The molecule has 0 spiro atoms. The van der Waals surface area contributed by atoms with Crippen LogP contribution in [0.15, 0.2) is 48.5 Å². The van der Waals surface area contributed by atoms with E-state index in [1.807, 2.05) is 36.4 Å². The number of carbonyl (C=O) groups excluding carboxylic acids is 1. The minimum Gasteiger partial charge on any atom is -0.399 e. The molecule has 0 unspecified atom stereocenters. The standard InChI is InChI=1S/C19H25N3O.2ClH/c1-3-22(2)14-17-6-4-5-16(11-17)13-21-19(23)12-15-7-9-18(20)10-8-15;;/h4-11H,3,12-14,20H2,1-2H3,(H,21,23);2*1H. The lowest BCUT2D eigenvalue weighted by atomic mass is 10.1. The fourth-order valence-corrected chi connectivity index (χ4v) is 2.35. The average Bonchev–Trinajstić information content (AvgIpc) is 2.55. The van der Waals surface area contributed by atoms with Crippen molar-refractivity contribution < 1.29 is 4.79 Å². The molecule has 0 saturated heterocycles. The number of benzene rings is 2. The minimum absolute atomic E-state index is 0. The van der Waals surface area contributed by atoms with Crippen molar-refractivity contribution in [2.45, 2.75) is 26.4 Å². The molecule has 0 bridgehead atoms. The van der Waals surface area contributed by atoms with Crippen molar-refractivity contribution in [1.82, 2.24) is 10.2 Å². The van der Waals surface area contributed by atoms with E-state index < -0.39 is 0 Å². The number of halogens is 2. The molecule has 6 heteroatoms. The Morgan fingerprint density at radius 2 is 1.68 bits per heavy atom. The van der Waals surface area contributed by atoms with Crippen LogP contribution in [0.2, 0.25) is 0 Å². The molecule has 0 aliphatic rings. The van der Waals surface area contributed by atoms with E-state index in [2.05, 4.69) is 36.3 Å². The zero-order valence-corrected chi connectivity index (χ0v) is 16.3. The molecule has 0 fully saturated rings. The molecule has 25 heavy (non-hydrogen) atoms. The van der Waals surface area contributed by atoms with Gasteiger partial charge in [0.15, 0.2) is 0 Å². The van der Waals surface area contributed by atoms with Gasteiger partial charge in [0.2, 0.25) is 5.91 Å². The lowest BCUT2D eigenvalue weighted by molar-refractivity contribution is -0.120. The van der Waals surface area contributed by atoms with Gasteiger partial charge in [-0.05, 0) is 42.4 Å². The molecule has 0 heterocycles. The Morgan fingerprint density at radius 1 is 1.04 bits per heavy atom. The summed E-state index contributed by atoms with van der Waals surface area (Å²) in [5.41, 5.74) is 9.71. The average molecular weight is 384 g/mol. The predicted molar refractivity (Wildman–Crippen MR) is 109 cm³/mol. The van der Waals surface area contributed by atoms with Crippen LogP contribution < -0.4 is 11.1 Å². The van der Waals surface area contributed by atoms with Crippen molar-refractivity contribution in [3.8, 4) is 0 Å². The maximum Gasteiger partial charge on any atom is 0.224 e. The number of nitrogens with zero attached hydrogens (tertiary/aromatic N) is 1. The van der Waals surface area contributed by atoms with Crippen LogP contribution in [-0.4, -0.2) is 24.4 Å². The third-order valence-electron chi connectivity index (χ3n) is 3.82. The number of nitrogen functional groups attached to an aromatic ring is 1. The van der Waals surface area contributed by atoms with E-state index in [-0.39, 0.29) is 30.7 Å². The first-order valence-corrected chi connectivity index (χ1v) is 7.94. The smallest absolute Gasteiger partial charge is 0.224 e. The SMILES string of the molecule is CCN(C)Cc1cccc(CNC(=O)Cc2ccc(N)cc2)c1.Cl.Cl. The molecule has 0 atom stereocenters. The van der Waals surface area contributed by atoms with Crippen molar-refractivity contribution in [3.63, 3.8) is 0 Å². The summed E-state index contributed by atoms with van der Waals surface area (Å²) in [6.45, 7) is 4.63. The number of hydrogen-bond donors (Lipinski definition) is 2. The first-order valence-electron chi connectivity index (χ1n) is 7.94. The summed E-state index contributed by atoms with van der Waals surface area (Å²) in [4.78, 5) is 14.3. The van der Waals surface area contributed by atoms with Gasteiger partial charge in [-0.3, -0.25) is 4.79 Å². The largest absolute Gasteiger partial charge is 0.399 e. The Balaban J connectivity index is 0.00000288. The molecule has 2 aromatic rings. The maximum atomic E-state index is 12.0. The zero-order valence-electron chi connectivity index (χ0n) is 14.7. The summed E-state index contributed by atoms with van der Waals surface area (Å²) in [7, 11) is 2.10. The minimum atomic E-state index is 0. The van der Waals surface area contributed by atoms with Crippen LogP contribution in [0.25, 0.3) is 0 Å². The van der Waals surface area contributed by atoms with Crippen molar-refractivity contribution >= 4 is 36.4 Å². The first-order chi connectivity index (χ1) is 11.1. The van der Waals surface area contributed by atoms with Crippen molar-refractivity contribution in [3.05, 3.63) is 65.2 Å². The molecule has 0 aliphatic heterocycles. The maximum absolute atomic E-state index is 12.0. The van der Waals surface area contributed by atoms with E-state index in [0.29, 0.717) is 18.7 Å². The topological polar surface area (TPSA) is 58.4 Å². The Labute approximate surface area is 162 Å². The van der Waals surface area contributed by atoms with Gasteiger partial charge in [0.1, 0.15) is 0 Å². The second-order valence-corrected chi connectivity index (χ2v) is 5.85. The highest BCUT2D eigenvalue weighted by atomic mass is 35.5. The second-order valence-electron chi connectivity index (χ2n) is 5.85. The molecule has 138 valence electrons. The highest BCUT2D eigenvalue weighted by molar-refractivity contribution is 5.85. The number of carbonyl (C=O) groups is 1. The fourth-order valence-electron chi connectivity index (χ4n) is 2.35. The van der Waals surface area contributed by atoms with Crippen LogP contribution in [0.5, 0.6) is 0 Å². The van der Waals surface area contributed by atoms with Crippen LogP contribution in [0.3, 0.4) is 0 Å². The number of nitrogens with two attached hydrogens (primary N) is 1. The van der Waals surface area contributed by atoms with Gasteiger partial charge in [0.05, 0.1) is 6.42 Å². The van der Waals surface area contributed by atoms with Crippen molar-refractivity contribution in [2.75, 3.05) is 19.3 Å². The molecule has 2 rings (SSSR count). The normalized spacial score (nSPS) is 9.88. The molecule has 0 aromatic heterocycles. The van der Waals surface area contributed by atoms with Crippen LogP contribution in [0, 0.1) is 0 Å². The lowest BCUT2D eigenvalue weighted by Gasteiger charge is -2.14. The van der Waals surface area contributed by atoms with Gasteiger partial charge in [-0.15, -0.1) is 24.8 Å². The Hall–Kier alpha value is -1.75. The number of nitrogens with one attached hydrogen (secondary N) is 1. The second kappa shape index (κ2) is 11.7. The molecule has 0 aliphatic carbocycles. The Kier molecular flexibility index (Phi) is 10.9. The van der Waals surface area contributed by atoms with E-state index in [1.54, 1.807) is 0 Å². The molecule has 2 aromatic carbocycles. The monoisotopic (exact) mass is 383 g/mol. The van der Waals surface area contributed by atoms with Crippen molar-refractivity contribution in [1.29, 1.82) is 0 Å². The van der Waals surface area contributed by atoms with Gasteiger partial charge in [-0.25, -0.2) is 0 Å². The highest BCUT2D eigenvalue weighted by Gasteiger charge is 2.04. The summed E-state index contributed by atoms with van der Waals surface area (Å²) in [6.07, 6.45) is 0.374. The van der Waals surface area contributed by atoms with Gasteiger partial charge in [-0.1, -0.05) is 43.3 Å². The molecule has 1 amide bonds. The van der Waals surface area contributed by atoms with Crippen LogP contribution >= 0.6 is 24.8 Å². The van der Waals surface area contributed by atoms with Crippen molar-refractivity contribution in [2.24, 2.45) is 0 Å². The van der Waals surface area contributed by atoms with Gasteiger partial charge >= 0.3 is 0 Å². The van der Waals surface area contributed by atoms with E-state index in [4.69, 9.17) is 5.73 Å². The van der Waals surface area contributed by atoms with Crippen LogP contribution in [0.4, 0.5) is 5.69 Å². The quantitative estimate of drug-likeness (QED) is 0.720. The lowest BCUT2D eigenvalue weighted by Crippen LogP contribution is -2.24. The molecule has 3 N–H and O–H groups in total. The fraction of sp³-hybridized carbons (Fsp3) is 0.316. The number of anilines is 1. The van der Waals surface area contributed by atoms with Gasteiger partial charge in [-0.2, -0.15) is 0 Å². The summed E-state index contributed by atoms with van der Waals surface area (Å²) in [5, 5.41) is 2.97. The number of hydrogen-bond acceptors (Lipinski definition) is 3.